The first kappa shape index (κ1) is 16.4. The van der Waals surface area contributed by atoms with Gasteiger partial charge in [0.2, 0.25) is 0 Å². The van der Waals surface area contributed by atoms with Crippen LogP contribution in [0, 0.1) is 5.92 Å². The van der Waals surface area contributed by atoms with Crippen molar-refractivity contribution in [2.75, 3.05) is 6.61 Å². The Morgan fingerprint density at radius 1 is 1.20 bits per heavy atom. The van der Waals surface area contributed by atoms with Crippen LogP contribution in [0.25, 0.3) is 0 Å². The van der Waals surface area contributed by atoms with Crippen molar-refractivity contribution >= 4 is 29.1 Å². The van der Waals surface area contributed by atoms with E-state index >= 15 is 0 Å². The summed E-state index contributed by atoms with van der Waals surface area (Å²) in [6.07, 6.45) is 1.55. The fourth-order valence-corrected chi connectivity index (χ4v) is 1.67. The van der Waals surface area contributed by atoms with Crippen LogP contribution < -0.4 is 0 Å². The smallest absolute Gasteiger partial charge is 0.375 e. The summed E-state index contributed by atoms with van der Waals surface area (Å²) in [5, 5.41) is 0.500. The second-order valence-electron chi connectivity index (χ2n) is 4.45. The molecule has 1 aromatic rings. The zero-order chi connectivity index (χ0) is 15.1. The van der Waals surface area contributed by atoms with Crippen LogP contribution in [0.4, 0.5) is 0 Å². The third-order valence-electron chi connectivity index (χ3n) is 2.85. The van der Waals surface area contributed by atoms with E-state index in [-0.39, 0.29) is 6.61 Å². The monoisotopic (exact) mass is 296 g/mol. The molecule has 1 rings (SSSR count). The summed E-state index contributed by atoms with van der Waals surface area (Å²) in [7, 11) is 0. The van der Waals surface area contributed by atoms with Crippen LogP contribution in [0.3, 0.4) is 0 Å². The molecular weight excluding hydrogens is 280 g/mol. The van der Waals surface area contributed by atoms with E-state index in [1.54, 1.807) is 12.1 Å². The molecule has 0 saturated heterocycles. The lowest BCUT2D eigenvalue weighted by molar-refractivity contribution is -0.155. The molecule has 1 aromatic carbocycles. The fourth-order valence-electron chi connectivity index (χ4n) is 1.54. The van der Waals surface area contributed by atoms with E-state index in [1.807, 2.05) is 6.92 Å². The van der Waals surface area contributed by atoms with Crippen LogP contribution >= 0.6 is 11.6 Å². The van der Waals surface area contributed by atoms with Gasteiger partial charge < -0.3 is 4.74 Å². The van der Waals surface area contributed by atoms with Gasteiger partial charge in [-0.1, -0.05) is 24.9 Å². The number of benzene rings is 1. The Morgan fingerprint density at radius 2 is 1.80 bits per heavy atom. The van der Waals surface area contributed by atoms with Crippen LogP contribution in [0.5, 0.6) is 0 Å². The van der Waals surface area contributed by atoms with Crippen molar-refractivity contribution in [1.29, 1.82) is 0 Å². The van der Waals surface area contributed by atoms with Crippen LogP contribution in [0.15, 0.2) is 24.3 Å². The quantitative estimate of drug-likeness (QED) is 0.255. The summed E-state index contributed by atoms with van der Waals surface area (Å²) in [5.74, 6) is -3.24. The maximum absolute atomic E-state index is 12.1. The van der Waals surface area contributed by atoms with Crippen LogP contribution in [-0.4, -0.2) is 24.1 Å². The van der Waals surface area contributed by atoms with E-state index in [9.17, 15) is 14.4 Å². The number of halogens is 1. The van der Waals surface area contributed by atoms with Crippen LogP contribution in [0.1, 0.15) is 37.0 Å². The molecule has 0 fully saturated rings. The van der Waals surface area contributed by atoms with Gasteiger partial charge in [-0.2, -0.15) is 0 Å². The maximum Gasteiger partial charge on any atom is 0.375 e. The van der Waals surface area contributed by atoms with Crippen molar-refractivity contribution in [2.24, 2.45) is 5.92 Å². The molecule has 0 aromatic heterocycles. The van der Waals surface area contributed by atoms with Gasteiger partial charge in [-0.05, 0) is 37.6 Å². The summed E-state index contributed by atoms with van der Waals surface area (Å²) >= 11 is 5.73. The number of ketones is 2. The second-order valence-corrected chi connectivity index (χ2v) is 4.88. The molecule has 0 bridgehead atoms. The van der Waals surface area contributed by atoms with Gasteiger partial charge in [-0.3, -0.25) is 9.59 Å². The van der Waals surface area contributed by atoms with Gasteiger partial charge in [0, 0.05) is 10.6 Å². The fraction of sp³-hybridized carbons (Fsp3) is 0.400. The molecule has 0 N–H and O–H groups in total. The molecule has 0 amide bonds. The van der Waals surface area contributed by atoms with Crippen molar-refractivity contribution in [3.63, 3.8) is 0 Å². The van der Waals surface area contributed by atoms with Crippen molar-refractivity contribution in [3.8, 4) is 0 Å². The van der Waals surface area contributed by atoms with Gasteiger partial charge in [0.15, 0.2) is 5.78 Å². The SMILES string of the molecule is CCCCOC(=O)C(=O)C(C)C(=O)c1ccc(Cl)cc1. The Kier molecular flexibility index (Phi) is 6.39. The van der Waals surface area contributed by atoms with Gasteiger partial charge >= 0.3 is 5.97 Å². The maximum atomic E-state index is 12.1. The highest BCUT2D eigenvalue weighted by atomic mass is 35.5. The Hall–Kier alpha value is -1.68. The third-order valence-corrected chi connectivity index (χ3v) is 3.10. The van der Waals surface area contributed by atoms with E-state index < -0.39 is 23.5 Å². The lowest BCUT2D eigenvalue weighted by Crippen LogP contribution is -2.29. The third kappa shape index (κ3) is 4.46. The molecule has 4 nitrogen and oxygen atoms in total. The summed E-state index contributed by atoms with van der Waals surface area (Å²) in [6, 6.07) is 6.17. The number of carbonyl (C=O) groups is 3. The lowest BCUT2D eigenvalue weighted by Gasteiger charge is -2.09. The molecule has 0 saturated carbocycles. The number of carbonyl (C=O) groups excluding carboxylic acids is 3. The second kappa shape index (κ2) is 7.80. The average Bonchev–Trinajstić information content (AvgIpc) is 2.46. The first-order valence-electron chi connectivity index (χ1n) is 6.48. The Labute approximate surface area is 123 Å². The van der Waals surface area contributed by atoms with Crippen molar-refractivity contribution in [2.45, 2.75) is 26.7 Å². The predicted octanol–water partition coefficient (Wildman–Crippen LogP) is 3.07. The molecule has 108 valence electrons. The van der Waals surface area contributed by atoms with Crippen molar-refractivity contribution < 1.29 is 19.1 Å². The summed E-state index contributed by atoms with van der Waals surface area (Å²) in [5.41, 5.74) is 0.344. The largest absolute Gasteiger partial charge is 0.460 e. The molecule has 5 heteroatoms. The number of hydrogen-bond donors (Lipinski definition) is 0. The zero-order valence-corrected chi connectivity index (χ0v) is 12.3. The normalized spacial score (nSPS) is 11.8. The molecule has 0 aliphatic rings. The lowest BCUT2D eigenvalue weighted by atomic mass is 9.95. The number of esters is 1. The minimum atomic E-state index is -1.05. The topological polar surface area (TPSA) is 60.4 Å². The Morgan fingerprint density at radius 3 is 2.35 bits per heavy atom. The summed E-state index contributed by atoms with van der Waals surface area (Å²) in [4.78, 5) is 35.4. The zero-order valence-electron chi connectivity index (χ0n) is 11.5. The van der Waals surface area contributed by atoms with Gasteiger partial charge in [-0.25, -0.2) is 4.79 Å². The van der Waals surface area contributed by atoms with Gasteiger partial charge in [0.05, 0.1) is 12.5 Å². The number of rotatable bonds is 7. The summed E-state index contributed by atoms with van der Waals surface area (Å²) < 4.78 is 4.81. The van der Waals surface area contributed by atoms with Crippen LogP contribution in [-0.2, 0) is 14.3 Å². The molecule has 0 heterocycles. The van der Waals surface area contributed by atoms with Crippen molar-refractivity contribution in [3.05, 3.63) is 34.9 Å². The molecule has 20 heavy (non-hydrogen) atoms. The molecule has 0 aliphatic carbocycles. The van der Waals surface area contributed by atoms with Crippen LogP contribution in [0.2, 0.25) is 5.02 Å². The minimum Gasteiger partial charge on any atom is -0.460 e. The number of ether oxygens (including phenoxy) is 1. The molecule has 0 radical (unpaired) electrons. The standard InChI is InChI=1S/C15H17ClO4/c1-3-4-9-20-15(19)14(18)10(2)13(17)11-5-7-12(16)8-6-11/h5-8,10H,3-4,9H2,1-2H3. The number of Topliss-reactive ketones (excluding diaryl/α,β-unsaturated/α-hetero) is 2. The van der Waals surface area contributed by atoms with Gasteiger partial charge in [0.25, 0.3) is 5.78 Å². The Bertz CT molecular complexity index is 493. The van der Waals surface area contributed by atoms with E-state index in [1.165, 1.54) is 19.1 Å². The van der Waals surface area contributed by atoms with E-state index in [0.717, 1.165) is 6.42 Å². The molecule has 0 spiro atoms. The highest BCUT2D eigenvalue weighted by Crippen LogP contribution is 2.14. The molecule has 1 atom stereocenters. The molecule has 0 aliphatic heterocycles. The van der Waals surface area contributed by atoms with Gasteiger partial charge in [-0.15, -0.1) is 0 Å². The van der Waals surface area contributed by atoms with E-state index in [2.05, 4.69) is 0 Å². The summed E-state index contributed by atoms with van der Waals surface area (Å²) in [6.45, 7) is 3.55. The van der Waals surface area contributed by atoms with Gasteiger partial charge in [0.1, 0.15) is 0 Å². The molecular formula is C15H17ClO4. The number of hydrogen-bond acceptors (Lipinski definition) is 4. The Balaban J connectivity index is 2.66. The highest BCUT2D eigenvalue weighted by Gasteiger charge is 2.29. The van der Waals surface area contributed by atoms with E-state index in [4.69, 9.17) is 16.3 Å². The number of unbranched alkanes of at least 4 members (excludes halogenated alkanes) is 1. The first-order chi connectivity index (χ1) is 9.47. The minimum absolute atomic E-state index is 0.197. The molecule has 1 unspecified atom stereocenters. The first-order valence-corrected chi connectivity index (χ1v) is 6.86. The average molecular weight is 297 g/mol. The predicted molar refractivity (Wildman–Crippen MR) is 75.8 cm³/mol. The van der Waals surface area contributed by atoms with E-state index in [0.29, 0.717) is 17.0 Å². The van der Waals surface area contributed by atoms with Crippen molar-refractivity contribution in [1.82, 2.24) is 0 Å². The highest BCUT2D eigenvalue weighted by molar-refractivity contribution is 6.39.